The van der Waals surface area contributed by atoms with Crippen LogP contribution < -0.4 is 0 Å². The van der Waals surface area contributed by atoms with E-state index < -0.39 is 0 Å². The molecule has 0 saturated heterocycles. The van der Waals surface area contributed by atoms with E-state index in [9.17, 15) is 0 Å². The highest BCUT2D eigenvalue weighted by atomic mass is 16.5. The van der Waals surface area contributed by atoms with Gasteiger partial charge in [0, 0.05) is 32.2 Å². The van der Waals surface area contributed by atoms with Crippen molar-refractivity contribution in [2.75, 3.05) is 0 Å². The Kier molecular flexibility index (Phi) is 4.63. The van der Waals surface area contributed by atoms with Crippen molar-refractivity contribution < 1.29 is 4.52 Å². The Labute approximate surface area is 132 Å². The fraction of sp³-hybridized carbons (Fsp3) is 0.647. The van der Waals surface area contributed by atoms with E-state index in [-0.39, 0.29) is 10.8 Å². The van der Waals surface area contributed by atoms with Gasteiger partial charge >= 0.3 is 0 Å². The lowest BCUT2D eigenvalue weighted by Crippen LogP contribution is -2.20. The second-order valence-electron chi connectivity index (χ2n) is 7.99. The van der Waals surface area contributed by atoms with Crippen LogP contribution in [0.25, 0.3) is 0 Å². The van der Waals surface area contributed by atoms with Crippen LogP contribution in [0.1, 0.15) is 57.7 Å². The molecular weight excluding hydrogens is 276 g/mol. The molecule has 0 aliphatic heterocycles. The van der Waals surface area contributed by atoms with Crippen LogP contribution in [-0.4, -0.2) is 20.1 Å². The van der Waals surface area contributed by atoms with Gasteiger partial charge in [-0.3, -0.25) is 0 Å². The van der Waals surface area contributed by atoms with Gasteiger partial charge in [0.1, 0.15) is 5.82 Å². The third kappa shape index (κ3) is 5.20. The van der Waals surface area contributed by atoms with Crippen molar-refractivity contribution in [3.8, 4) is 0 Å². The summed E-state index contributed by atoms with van der Waals surface area (Å²) in [5.74, 6) is 2.27. The fourth-order valence-corrected chi connectivity index (χ4v) is 2.49. The van der Waals surface area contributed by atoms with Crippen LogP contribution in [0.4, 0.5) is 0 Å². The highest BCUT2D eigenvalue weighted by molar-refractivity contribution is 5.09. The highest BCUT2D eigenvalue weighted by Gasteiger charge is 2.22. The van der Waals surface area contributed by atoms with E-state index in [2.05, 4.69) is 54.7 Å². The van der Waals surface area contributed by atoms with Crippen LogP contribution in [0.3, 0.4) is 0 Å². The summed E-state index contributed by atoms with van der Waals surface area (Å²) in [5.41, 5.74) is 1.38. The van der Waals surface area contributed by atoms with E-state index in [0.29, 0.717) is 5.89 Å². The Morgan fingerprint density at radius 1 is 0.909 bits per heavy atom. The van der Waals surface area contributed by atoms with Gasteiger partial charge in [0.15, 0.2) is 5.82 Å². The molecule has 2 aromatic heterocycles. The van der Waals surface area contributed by atoms with Crippen LogP contribution >= 0.6 is 0 Å². The van der Waals surface area contributed by atoms with Gasteiger partial charge in [0.05, 0.1) is 0 Å². The molecule has 0 saturated carbocycles. The minimum atomic E-state index is 0.0330. The predicted octanol–water partition coefficient (Wildman–Crippen LogP) is 3.57. The first-order valence-corrected chi connectivity index (χ1v) is 7.72. The molecule has 0 aliphatic rings. The van der Waals surface area contributed by atoms with Crippen molar-refractivity contribution in [2.24, 2.45) is 10.8 Å². The van der Waals surface area contributed by atoms with Crippen molar-refractivity contribution in [3.63, 3.8) is 0 Å². The molecule has 0 amide bonds. The summed E-state index contributed by atoms with van der Waals surface area (Å²) in [7, 11) is 0. The molecular formula is C17H26N4O. The zero-order valence-corrected chi connectivity index (χ0v) is 14.5. The van der Waals surface area contributed by atoms with Gasteiger partial charge in [-0.2, -0.15) is 4.98 Å². The van der Waals surface area contributed by atoms with Crippen LogP contribution in [0.5, 0.6) is 0 Å². The summed E-state index contributed by atoms with van der Waals surface area (Å²) in [6.45, 7) is 12.8. The molecule has 0 fully saturated rings. The van der Waals surface area contributed by atoms with E-state index in [0.717, 1.165) is 36.5 Å². The van der Waals surface area contributed by atoms with E-state index in [4.69, 9.17) is 4.52 Å². The molecule has 0 atom stereocenters. The number of nitrogens with zero attached hydrogens (tertiary/aromatic N) is 4. The molecule has 2 heterocycles. The van der Waals surface area contributed by atoms with Gasteiger partial charge in [-0.15, -0.1) is 0 Å². The van der Waals surface area contributed by atoms with Gasteiger partial charge in [0.2, 0.25) is 5.89 Å². The predicted molar refractivity (Wildman–Crippen MR) is 85.4 cm³/mol. The van der Waals surface area contributed by atoms with Crippen molar-refractivity contribution in [1.29, 1.82) is 0 Å². The number of hydrogen-bond donors (Lipinski definition) is 0. The van der Waals surface area contributed by atoms with Gasteiger partial charge < -0.3 is 4.52 Å². The number of aromatic nitrogens is 4. The lowest BCUT2D eigenvalue weighted by atomic mass is 9.83. The minimum Gasteiger partial charge on any atom is -0.340 e. The van der Waals surface area contributed by atoms with Crippen molar-refractivity contribution in [3.05, 3.63) is 35.5 Å². The maximum Gasteiger partial charge on any atom is 0.223 e. The molecule has 0 aliphatic carbocycles. The summed E-state index contributed by atoms with van der Waals surface area (Å²) in [6.07, 6.45) is 6.43. The smallest absolute Gasteiger partial charge is 0.223 e. The topological polar surface area (TPSA) is 64.7 Å². The van der Waals surface area contributed by atoms with E-state index >= 15 is 0 Å². The monoisotopic (exact) mass is 302 g/mol. The third-order valence-corrected chi connectivity index (χ3v) is 3.34. The Bertz CT molecular complexity index is 608. The minimum absolute atomic E-state index is 0.0330. The van der Waals surface area contributed by atoms with Crippen molar-refractivity contribution in [1.82, 2.24) is 20.1 Å². The first kappa shape index (κ1) is 16.6. The van der Waals surface area contributed by atoms with Gasteiger partial charge in [-0.25, -0.2) is 9.97 Å². The number of hydrogen-bond acceptors (Lipinski definition) is 5. The first-order chi connectivity index (χ1) is 10.1. The summed E-state index contributed by atoms with van der Waals surface area (Å²) in [5, 5.41) is 3.98. The second-order valence-corrected chi connectivity index (χ2v) is 7.99. The summed E-state index contributed by atoms with van der Waals surface area (Å²) in [6, 6.07) is 0. The zero-order chi connectivity index (χ0) is 16.4. The van der Waals surface area contributed by atoms with Crippen LogP contribution in [0.2, 0.25) is 0 Å². The van der Waals surface area contributed by atoms with Crippen LogP contribution in [0, 0.1) is 17.8 Å². The molecule has 0 N–H and O–H groups in total. The van der Waals surface area contributed by atoms with Gasteiger partial charge in [-0.1, -0.05) is 39.8 Å². The number of aryl methyl sites for hydroxylation is 1. The highest BCUT2D eigenvalue weighted by Crippen LogP contribution is 2.25. The van der Waals surface area contributed by atoms with E-state index in [1.807, 2.05) is 19.3 Å². The molecule has 0 radical (unpaired) electrons. The molecule has 2 rings (SSSR count). The molecule has 22 heavy (non-hydrogen) atoms. The Morgan fingerprint density at radius 3 is 2.05 bits per heavy atom. The maximum atomic E-state index is 5.04. The standard InChI is InChI=1S/C17H26N4O/c1-12-20-15(21-22-12)9-17(5,6)7-13-10-18-14(19-11-13)8-16(2,3)4/h10-11H,7-9H2,1-6H3. The van der Waals surface area contributed by atoms with Crippen LogP contribution in [-0.2, 0) is 19.3 Å². The molecule has 120 valence electrons. The summed E-state index contributed by atoms with van der Waals surface area (Å²) in [4.78, 5) is 13.3. The van der Waals surface area contributed by atoms with Gasteiger partial charge in [0.25, 0.3) is 0 Å². The largest absolute Gasteiger partial charge is 0.340 e. The van der Waals surface area contributed by atoms with Crippen LogP contribution in [0.15, 0.2) is 16.9 Å². The molecule has 0 aromatic carbocycles. The average Bonchev–Trinajstić information content (AvgIpc) is 2.74. The van der Waals surface area contributed by atoms with E-state index in [1.165, 1.54) is 0 Å². The normalized spacial score (nSPS) is 12.6. The Hall–Kier alpha value is -1.78. The summed E-state index contributed by atoms with van der Waals surface area (Å²) >= 11 is 0. The molecule has 0 bridgehead atoms. The Morgan fingerprint density at radius 2 is 1.55 bits per heavy atom. The fourth-order valence-electron chi connectivity index (χ4n) is 2.49. The van der Waals surface area contributed by atoms with Crippen molar-refractivity contribution in [2.45, 2.75) is 60.8 Å². The number of rotatable bonds is 5. The molecule has 5 nitrogen and oxygen atoms in total. The quantitative estimate of drug-likeness (QED) is 0.844. The SMILES string of the molecule is Cc1nc(CC(C)(C)Cc2cnc(CC(C)(C)C)nc2)no1. The average molecular weight is 302 g/mol. The first-order valence-electron chi connectivity index (χ1n) is 7.72. The lowest BCUT2D eigenvalue weighted by Gasteiger charge is -2.23. The van der Waals surface area contributed by atoms with Crippen molar-refractivity contribution >= 4 is 0 Å². The summed E-state index contributed by atoms with van der Waals surface area (Å²) < 4.78 is 5.04. The Balaban J connectivity index is 2.00. The lowest BCUT2D eigenvalue weighted by molar-refractivity contribution is 0.334. The zero-order valence-electron chi connectivity index (χ0n) is 14.5. The van der Waals surface area contributed by atoms with E-state index in [1.54, 1.807) is 0 Å². The molecule has 2 aromatic rings. The molecule has 0 spiro atoms. The second kappa shape index (κ2) is 6.15. The van der Waals surface area contributed by atoms with Gasteiger partial charge in [-0.05, 0) is 22.8 Å². The third-order valence-electron chi connectivity index (χ3n) is 3.34. The molecule has 0 unspecified atom stereocenters. The maximum absolute atomic E-state index is 5.04. The molecule has 5 heteroatoms.